The average Bonchev–Trinajstić information content (AvgIpc) is 3.26. The second kappa shape index (κ2) is 6.95. The van der Waals surface area contributed by atoms with E-state index in [9.17, 15) is 31.1 Å². The van der Waals surface area contributed by atoms with Crippen LogP contribution in [0.3, 0.4) is 0 Å². The number of nitrogens with zero attached hydrogens (tertiary/aromatic N) is 3. The number of carbonyl (C=O) groups excluding carboxylic acids is 1. The highest BCUT2D eigenvalue weighted by Crippen LogP contribution is 2.58. The van der Waals surface area contributed by atoms with Crippen molar-refractivity contribution in [1.82, 2.24) is 25.9 Å². The van der Waals surface area contributed by atoms with Crippen LogP contribution in [0.4, 0.5) is 26.3 Å². The summed E-state index contributed by atoms with van der Waals surface area (Å²) in [4.78, 5) is 13.2. The van der Waals surface area contributed by atoms with Crippen LogP contribution in [0.15, 0.2) is 40.4 Å². The molecule has 33 heavy (non-hydrogen) atoms. The van der Waals surface area contributed by atoms with Gasteiger partial charge in [-0.05, 0) is 25.3 Å². The number of hydrazine groups is 1. The first-order valence-corrected chi connectivity index (χ1v) is 10.0. The third kappa shape index (κ3) is 3.28. The van der Waals surface area contributed by atoms with Gasteiger partial charge in [-0.1, -0.05) is 30.3 Å². The Kier molecular flexibility index (Phi) is 4.58. The Hall–Kier alpha value is -3.09. The van der Waals surface area contributed by atoms with Crippen LogP contribution in [-0.2, 0) is 10.2 Å². The highest BCUT2D eigenvalue weighted by atomic mass is 19.4. The summed E-state index contributed by atoms with van der Waals surface area (Å²) in [5.74, 6) is -3.23. The topological polar surface area (TPSA) is 83.3 Å². The van der Waals surface area contributed by atoms with E-state index in [1.807, 2.05) is 0 Å². The fraction of sp³-hybridized carbons (Fsp3) is 0.450. The third-order valence-electron chi connectivity index (χ3n) is 6.31. The number of fused-ring (bicyclic) bond motifs is 1. The van der Waals surface area contributed by atoms with Crippen molar-refractivity contribution >= 4 is 11.5 Å². The molecule has 1 saturated carbocycles. The van der Waals surface area contributed by atoms with Gasteiger partial charge < -0.3 is 9.73 Å². The van der Waals surface area contributed by atoms with E-state index in [2.05, 4.69) is 20.9 Å². The van der Waals surface area contributed by atoms with E-state index in [4.69, 9.17) is 4.42 Å². The van der Waals surface area contributed by atoms with Gasteiger partial charge in [0, 0.05) is 5.70 Å². The summed E-state index contributed by atoms with van der Waals surface area (Å²) in [7, 11) is 0. The Morgan fingerprint density at radius 1 is 1.09 bits per heavy atom. The molecule has 1 amide bonds. The first kappa shape index (κ1) is 21.7. The van der Waals surface area contributed by atoms with Crippen LogP contribution in [0.25, 0.3) is 5.57 Å². The summed E-state index contributed by atoms with van der Waals surface area (Å²) < 4.78 is 86.9. The maximum Gasteiger partial charge on any atom is 0.406 e. The van der Waals surface area contributed by atoms with Crippen LogP contribution >= 0.6 is 0 Å². The van der Waals surface area contributed by atoms with Crippen molar-refractivity contribution in [3.05, 3.63) is 53.4 Å². The first-order chi connectivity index (χ1) is 15.4. The van der Waals surface area contributed by atoms with E-state index in [-0.39, 0.29) is 24.1 Å². The molecule has 2 aliphatic heterocycles. The molecule has 5 rings (SSSR count). The molecule has 3 aliphatic rings. The summed E-state index contributed by atoms with van der Waals surface area (Å²) in [6.07, 6.45) is -10.8. The molecule has 0 radical (unpaired) electrons. The summed E-state index contributed by atoms with van der Waals surface area (Å²) in [5.41, 5.74) is 0.169. The fourth-order valence-corrected chi connectivity index (χ4v) is 4.41. The number of hydrogen-bond donors (Lipinski definition) is 2. The Bertz CT molecular complexity index is 1120. The highest BCUT2D eigenvalue weighted by Gasteiger charge is 2.68. The predicted molar refractivity (Wildman–Crippen MR) is 99.8 cm³/mol. The lowest BCUT2D eigenvalue weighted by molar-refractivity contribution is -0.165. The van der Waals surface area contributed by atoms with Crippen molar-refractivity contribution in [3.63, 3.8) is 0 Å². The maximum atomic E-state index is 13.8. The molecule has 1 aliphatic carbocycles. The van der Waals surface area contributed by atoms with Gasteiger partial charge in [0.05, 0.1) is 5.92 Å². The molecule has 2 aromatic rings. The minimum atomic E-state index is -4.68. The zero-order chi connectivity index (χ0) is 23.8. The number of halogens is 6. The highest BCUT2D eigenvalue weighted by molar-refractivity contribution is 6.19. The minimum absolute atomic E-state index is 0.124. The molecule has 176 valence electrons. The van der Waals surface area contributed by atoms with E-state index in [0.717, 1.165) is 5.01 Å². The van der Waals surface area contributed by atoms with E-state index < -0.39 is 53.6 Å². The molecular weight excluding hydrogens is 456 g/mol. The molecule has 2 N–H and O–H groups in total. The van der Waals surface area contributed by atoms with E-state index in [1.165, 1.54) is 19.1 Å². The number of amides is 1. The first-order valence-electron chi connectivity index (χ1n) is 10.0. The normalized spacial score (nSPS) is 26.9. The van der Waals surface area contributed by atoms with Crippen LogP contribution in [0.5, 0.6) is 0 Å². The Labute approximate surface area is 182 Å². The smallest absolute Gasteiger partial charge is 0.406 e. The molecule has 2 fully saturated rings. The monoisotopic (exact) mass is 473 g/mol. The van der Waals surface area contributed by atoms with Crippen LogP contribution in [0.1, 0.15) is 43.0 Å². The molecule has 0 bridgehead atoms. The van der Waals surface area contributed by atoms with Crippen molar-refractivity contribution in [2.45, 2.75) is 55.7 Å². The Morgan fingerprint density at radius 3 is 2.33 bits per heavy atom. The molecule has 3 atom stereocenters. The largest absolute Gasteiger partial charge is 0.419 e. The van der Waals surface area contributed by atoms with Gasteiger partial charge in [0.15, 0.2) is 0 Å². The molecule has 13 heteroatoms. The molecular formula is C20H17F6N5O2. The van der Waals surface area contributed by atoms with Gasteiger partial charge in [-0.2, -0.15) is 26.3 Å². The van der Waals surface area contributed by atoms with Crippen LogP contribution < -0.4 is 10.7 Å². The SMILES string of the molecule is CC1=C(c2nnc(C3(C(F)(F)F)CC3)o2)C(=O)N2NC(C(F)(F)F)C(c3ccccc3)C2N1. The van der Waals surface area contributed by atoms with Crippen molar-refractivity contribution in [2.24, 2.45) is 0 Å². The quantitative estimate of drug-likeness (QED) is 0.666. The van der Waals surface area contributed by atoms with Gasteiger partial charge in [0.2, 0.25) is 5.89 Å². The number of hydrogen-bond acceptors (Lipinski definition) is 6. The molecule has 1 aromatic heterocycles. The van der Waals surface area contributed by atoms with E-state index in [1.54, 1.807) is 18.2 Å². The predicted octanol–water partition coefficient (Wildman–Crippen LogP) is 3.39. The number of allylic oxidation sites excluding steroid dienone is 1. The summed E-state index contributed by atoms with van der Waals surface area (Å²) in [5, 5.41) is 10.8. The molecule has 1 saturated heterocycles. The van der Waals surface area contributed by atoms with Crippen molar-refractivity contribution in [2.75, 3.05) is 0 Å². The maximum absolute atomic E-state index is 13.8. The number of carbonyl (C=O) groups is 1. The average molecular weight is 473 g/mol. The minimum Gasteiger partial charge on any atom is -0.419 e. The second-order valence-electron chi connectivity index (χ2n) is 8.34. The summed E-state index contributed by atoms with van der Waals surface area (Å²) in [6, 6.07) is 5.84. The second-order valence-corrected chi connectivity index (χ2v) is 8.34. The molecule has 3 heterocycles. The van der Waals surface area contributed by atoms with Gasteiger partial charge in [-0.15, -0.1) is 10.2 Å². The Balaban J connectivity index is 1.51. The van der Waals surface area contributed by atoms with Gasteiger partial charge in [0.1, 0.15) is 23.2 Å². The van der Waals surface area contributed by atoms with E-state index >= 15 is 0 Å². The summed E-state index contributed by atoms with van der Waals surface area (Å²) in [6.45, 7) is 1.42. The van der Waals surface area contributed by atoms with E-state index in [0.29, 0.717) is 5.56 Å². The number of aromatic nitrogens is 2. The molecule has 3 unspecified atom stereocenters. The van der Waals surface area contributed by atoms with Crippen LogP contribution in [-0.4, -0.2) is 45.7 Å². The van der Waals surface area contributed by atoms with Gasteiger partial charge in [-0.25, -0.2) is 10.4 Å². The zero-order valence-corrected chi connectivity index (χ0v) is 17.0. The van der Waals surface area contributed by atoms with Gasteiger partial charge in [0.25, 0.3) is 11.8 Å². The van der Waals surface area contributed by atoms with Crippen molar-refractivity contribution in [3.8, 4) is 0 Å². The fourth-order valence-electron chi connectivity index (χ4n) is 4.41. The number of alkyl halides is 6. The zero-order valence-electron chi connectivity index (χ0n) is 17.0. The van der Waals surface area contributed by atoms with Crippen molar-refractivity contribution in [1.29, 1.82) is 0 Å². The Morgan fingerprint density at radius 2 is 1.76 bits per heavy atom. The van der Waals surface area contributed by atoms with Gasteiger partial charge in [-0.3, -0.25) is 4.79 Å². The third-order valence-corrected chi connectivity index (χ3v) is 6.31. The molecule has 0 spiro atoms. The lowest BCUT2D eigenvalue weighted by Crippen LogP contribution is -2.54. The standard InChI is InChI=1S/C20H17F6N5O2/c1-9-11(15-28-29-17(33-15)18(7-8-18)20(24,25)26)16(32)31-14(27-9)12(10-5-3-2-4-6-10)13(30-31)19(21,22)23/h2-6,12-14,27,30H,7-8H2,1H3. The lowest BCUT2D eigenvalue weighted by Gasteiger charge is -2.34. The number of rotatable bonds is 3. The molecule has 1 aromatic carbocycles. The van der Waals surface area contributed by atoms with Gasteiger partial charge >= 0.3 is 12.4 Å². The van der Waals surface area contributed by atoms with Crippen LogP contribution in [0, 0.1) is 0 Å². The van der Waals surface area contributed by atoms with Crippen LogP contribution in [0.2, 0.25) is 0 Å². The lowest BCUT2D eigenvalue weighted by atomic mass is 9.89. The number of benzene rings is 1. The molecule has 7 nitrogen and oxygen atoms in total. The number of nitrogens with one attached hydrogen (secondary N) is 2. The van der Waals surface area contributed by atoms with Crippen molar-refractivity contribution < 1.29 is 35.6 Å². The summed E-state index contributed by atoms with van der Waals surface area (Å²) >= 11 is 0.